The molecule has 1 saturated carbocycles. The van der Waals surface area contributed by atoms with Gasteiger partial charge in [-0.15, -0.1) is 10.2 Å². The monoisotopic (exact) mass is 388 g/mol. The first kappa shape index (κ1) is 17.5. The number of pyridine rings is 1. The second kappa shape index (κ2) is 6.80. The van der Waals surface area contributed by atoms with Crippen molar-refractivity contribution < 1.29 is 9.32 Å². The third-order valence-electron chi connectivity index (χ3n) is 5.31. The summed E-state index contributed by atoms with van der Waals surface area (Å²) in [7, 11) is 0. The number of amides is 1. The molecule has 0 saturated heterocycles. The summed E-state index contributed by atoms with van der Waals surface area (Å²) < 4.78 is 7.17. The van der Waals surface area contributed by atoms with E-state index >= 15 is 0 Å². The number of rotatable bonds is 5. The molecule has 146 valence electrons. The van der Waals surface area contributed by atoms with E-state index in [2.05, 4.69) is 25.7 Å². The van der Waals surface area contributed by atoms with E-state index in [0.717, 1.165) is 41.0 Å². The molecule has 1 N–H and O–H groups in total. The van der Waals surface area contributed by atoms with Gasteiger partial charge in [0.25, 0.3) is 5.89 Å². The number of aryl methyl sites for hydroxylation is 1. The van der Waals surface area contributed by atoms with Crippen LogP contribution >= 0.6 is 0 Å². The highest BCUT2D eigenvalue weighted by Crippen LogP contribution is 2.38. The Labute approximate surface area is 167 Å². The molecule has 3 aromatic heterocycles. The fourth-order valence-corrected chi connectivity index (χ4v) is 3.28. The fourth-order valence-electron chi connectivity index (χ4n) is 3.28. The van der Waals surface area contributed by atoms with Crippen molar-refractivity contribution in [1.82, 2.24) is 24.7 Å². The summed E-state index contributed by atoms with van der Waals surface area (Å²) in [5.74, 6) is 2.12. The number of fused-ring (bicyclic) bond motifs is 1. The molecule has 3 heterocycles. The summed E-state index contributed by atoms with van der Waals surface area (Å²) in [4.78, 5) is 17.0. The number of hydrogen-bond acceptors (Lipinski definition) is 6. The number of aromatic nitrogens is 5. The van der Waals surface area contributed by atoms with E-state index in [1.54, 1.807) is 4.40 Å². The first-order valence-electron chi connectivity index (χ1n) is 9.62. The Bertz CT molecular complexity index is 1220. The van der Waals surface area contributed by atoms with E-state index < -0.39 is 0 Å². The van der Waals surface area contributed by atoms with E-state index in [9.17, 15) is 4.79 Å². The summed E-state index contributed by atoms with van der Waals surface area (Å²) in [6.45, 7) is 4.01. The molecular formula is C21H20N6O2. The van der Waals surface area contributed by atoms with Crippen molar-refractivity contribution >= 4 is 17.2 Å². The highest BCUT2D eigenvalue weighted by molar-refractivity contribution is 5.92. The van der Waals surface area contributed by atoms with Gasteiger partial charge in [-0.3, -0.25) is 9.20 Å². The highest BCUT2D eigenvalue weighted by atomic mass is 16.5. The summed E-state index contributed by atoms with van der Waals surface area (Å²) in [6.07, 6.45) is 4.19. The first-order chi connectivity index (χ1) is 14.1. The number of benzene rings is 1. The number of hydrogen-bond donors (Lipinski definition) is 1. The largest absolute Gasteiger partial charge is 0.334 e. The summed E-state index contributed by atoms with van der Waals surface area (Å²) >= 11 is 0. The Morgan fingerprint density at radius 3 is 2.93 bits per heavy atom. The Hall–Kier alpha value is -3.55. The number of nitrogens with one attached hydrogen (secondary N) is 1. The minimum atomic E-state index is -0.136. The molecule has 1 aliphatic carbocycles. The van der Waals surface area contributed by atoms with Crippen molar-refractivity contribution in [3.63, 3.8) is 0 Å². The van der Waals surface area contributed by atoms with Crippen LogP contribution in [0.5, 0.6) is 0 Å². The number of anilines is 1. The van der Waals surface area contributed by atoms with Gasteiger partial charge in [0.2, 0.25) is 5.91 Å². The molecule has 0 spiro atoms. The van der Waals surface area contributed by atoms with Gasteiger partial charge in [0.15, 0.2) is 11.5 Å². The molecule has 5 rings (SSSR count). The normalized spacial score (nSPS) is 13.7. The van der Waals surface area contributed by atoms with Crippen LogP contribution in [0.25, 0.3) is 17.1 Å². The predicted molar refractivity (Wildman–Crippen MR) is 107 cm³/mol. The first-order valence-corrected chi connectivity index (χ1v) is 9.62. The van der Waals surface area contributed by atoms with Gasteiger partial charge in [-0.1, -0.05) is 17.3 Å². The van der Waals surface area contributed by atoms with Crippen LogP contribution in [-0.2, 0) is 11.2 Å². The summed E-state index contributed by atoms with van der Waals surface area (Å²) in [5.41, 5.74) is 4.42. The van der Waals surface area contributed by atoms with Gasteiger partial charge in [0, 0.05) is 23.4 Å². The van der Waals surface area contributed by atoms with E-state index in [0.29, 0.717) is 23.3 Å². The molecule has 8 nitrogen and oxygen atoms in total. The molecule has 0 aliphatic heterocycles. The Balaban J connectivity index is 1.35. The third-order valence-corrected chi connectivity index (χ3v) is 5.31. The number of carbonyl (C=O) groups is 1. The zero-order valence-corrected chi connectivity index (χ0v) is 16.2. The Kier molecular flexibility index (Phi) is 4.12. The number of carbonyl (C=O) groups excluding carboxylic acids is 1. The van der Waals surface area contributed by atoms with E-state index in [1.807, 2.05) is 50.4 Å². The maximum atomic E-state index is 12.5. The average molecular weight is 388 g/mol. The van der Waals surface area contributed by atoms with E-state index in [4.69, 9.17) is 4.52 Å². The maximum Gasteiger partial charge on any atom is 0.258 e. The van der Waals surface area contributed by atoms with Crippen molar-refractivity contribution in [2.75, 3.05) is 5.32 Å². The standard InChI is InChI=1S/C21H20N6O2/c1-12-4-3-5-16(13(12)2)22-19(28)11-18-25-24-17-10-15(8-9-27(17)18)21-23-20(26-29-21)14-6-7-14/h3-5,8-10,14H,6-7,11H2,1-2H3,(H,22,28). The zero-order valence-electron chi connectivity index (χ0n) is 16.2. The van der Waals surface area contributed by atoms with Crippen LogP contribution in [0.4, 0.5) is 5.69 Å². The zero-order chi connectivity index (χ0) is 20.0. The minimum absolute atomic E-state index is 0.125. The molecule has 0 atom stereocenters. The van der Waals surface area contributed by atoms with Crippen LogP contribution in [0.15, 0.2) is 41.1 Å². The van der Waals surface area contributed by atoms with Crippen molar-refractivity contribution in [2.24, 2.45) is 0 Å². The molecule has 0 unspecified atom stereocenters. The van der Waals surface area contributed by atoms with Crippen LogP contribution in [0.2, 0.25) is 0 Å². The molecule has 1 fully saturated rings. The maximum absolute atomic E-state index is 12.5. The van der Waals surface area contributed by atoms with E-state index in [1.165, 1.54) is 0 Å². The second-order valence-corrected chi connectivity index (χ2v) is 7.46. The molecule has 29 heavy (non-hydrogen) atoms. The molecular weight excluding hydrogens is 368 g/mol. The Morgan fingerprint density at radius 2 is 2.10 bits per heavy atom. The fraction of sp³-hybridized carbons (Fsp3) is 0.286. The SMILES string of the molecule is Cc1cccc(NC(=O)Cc2nnc3cc(-c4nc(C5CC5)no4)ccn23)c1C. The summed E-state index contributed by atoms with van der Waals surface area (Å²) in [5, 5.41) is 15.4. The molecule has 0 bridgehead atoms. The second-order valence-electron chi connectivity index (χ2n) is 7.46. The van der Waals surface area contributed by atoms with Crippen molar-refractivity contribution in [3.05, 3.63) is 59.3 Å². The van der Waals surface area contributed by atoms with Crippen LogP contribution < -0.4 is 5.32 Å². The lowest BCUT2D eigenvalue weighted by atomic mass is 10.1. The van der Waals surface area contributed by atoms with Gasteiger partial charge < -0.3 is 9.84 Å². The molecule has 8 heteroatoms. The van der Waals surface area contributed by atoms with Crippen LogP contribution in [-0.4, -0.2) is 30.6 Å². The quantitative estimate of drug-likeness (QED) is 0.562. The minimum Gasteiger partial charge on any atom is -0.334 e. The smallest absolute Gasteiger partial charge is 0.258 e. The highest BCUT2D eigenvalue weighted by Gasteiger charge is 2.29. The van der Waals surface area contributed by atoms with Gasteiger partial charge >= 0.3 is 0 Å². The van der Waals surface area contributed by atoms with Gasteiger partial charge in [0.05, 0.1) is 6.42 Å². The summed E-state index contributed by atoms with van der Waals surface area (Å²) in [6, 6.07) is 9.55. The van der Waals surface area contributed by atoms with Crippen LogP contribution in [0, 0.1) is 13.8 Å². The van der Waals surface area contributed by atoms with Gasteiger partial charge in [0.1, 0.15) is 5.82 Å². The lowest BCUT2D eigenvalue weighted by Crippen LogP contribution is -2.17. The molecule has 1 aliphatic rings. The predicted octanol–water partition coefficient (Wildman–Crippen LogP) is 3.45. The average Bonchev–Trinajstić information content (AvgIpc) is 3.31. The molecule has 1 amide bonds. The van der Waals surface area contributed by atoms with Crippen LogP contribution in [0.1, 0.15) is 41.5 Å². The topological polar surface area (TPSA) is 98.2 Å². The Morgan fingerprint density at radius 1 is 1.24 bits per heavy atom. The van der Waals surface area contributed by atoms with Crippen molar-refractivity contribution in [1.29, 1.82) is 0 Å². The van der Waals surface area contributed by atoms with Crippen LogP contribution in [0.3, 0.4) is 0 Å². The lowest BCUT2D eigenvalue weighted by molar-refractivity contribution is -0.115. The molecule has 4 aromatic rings. The third kappa shape index (κ3) is 3.37. The van der Waals surface area contributed by atoms with Crippen molar-refractivity contribution in [3.8, 4) is 11.5 Å². The van der Waals surface area contributed by atoms with Gasteiger partial charge in [-0.05, 0) is 56.0 Å². The van der Waals surface area contributed by atoms with Gasteiger partial charge in [-0.25, -0.2) is 0 Å². The number of nitrogens with zero attached hydrogens (tertiary/aromatic N) is 5. The molecule has 0 radical (unpaired) electrons. The lowest BCUT2D eigenvalue weighted by Gasteiger charge is -2.09. The van der Waals surface area contributed by atoms with Gasteiger partial charge in [-0.2, -0.15) is 4.98 Å². The molecule has 1 aromatic carbocycles. The van der Waals surface area contributed by atoms with E-state index in [-0.39, 0.29) is 12.3 Å². The van der Waals surface area contributed by atoms with Crippen molar-refractivity contribution in [2.45, 2.75) is 39.0 Å².